The van der Waals surface area contributed by atoms with Crippen molar-refractivity contribution < 1.29 is 12.8 Å². The molecule has 1 aromatic carbocycles. The van der Waals surface area contributed by atoms with Gasteiger partial charge in [-0.2, -0.15) is 0 Å². The van der Waals surface area contributed by atoms with Gasteiger partial charge in [-0.1, -0.05) is 15.9 Å². The molecule has 0 amide bonds. The van der Waals surface area contributed by atoms with Gasteiger partial charge in [0, 0.05) is 10.5 Å². The van der Waals surface area contributed by atoms with Crippen LogP contribution in [0.25, 0.3) is 0 Å². The Bertz CT molecular complexity index is 565. The fourth-order valence-corrected chi connectivity index (χ4v) is 4.73. The second kappa shape index (κ2) is 5.87. The molecule has 1 aliphatic heterocycles. The number of nitrogens with one attached hydrogen (secondary N) is 1. The van der Waals surface area contributed by atoms with Crippen molar-refractivity contribution in [3.63, 3.8) is 0 Å². The lowest BCUT2D eigenvalue weighted by molar-refractivity contribution is 0.384. The molecule has 3 N–H and O–H groups in total. The molecule has 0 aliphatic carbocycles. The number of halogens is 2. The van der Waals surface area contributed by atoms with E-state index in [1.165, 1.54) is 12.1 Å². The highest BCUT2D eigenvalue weighted by Gasteiger charge is 2.33. The lowest BCUT2D eigenvalue weighted by Crippen LogP contribution is -2.43. The van der Waals surface area contributed by atoms with E-state index >= 15 is 0 Å². The molecule has 1 saturated heterocycles. The van der Waals surface area contributed by atoms with Crippen molar-refractivity contribution >= 4 is 25.8 Å². The SMILES string of the molecule is NNC(Cc1cc(F)ccc1Br)C1CCS(=O)(=O)C1. The van der Waals surface area contributed by atoms with Gasteiger partial charge in [0.1, 0.15) is 5.82 Å². The monoisotopic (exact) mass is 350 g/mol. The largest absolute Gasteiger partial charge is 0.271 e. The second-order valence-electron chi connectivity index (χ2n) is 4.88. The van der Waals surface area contributed by atoms with Crippen molar-refractivity contribution in [1.29, 1.82) is 0 Å². The fourth-order valence-electron chi connectivity index (χ4n) is 2.44. The molecule has 1 heterocycles. The molecule has 2 atom stereocenters. The Hall–Kier alpha value is -0.500. The third-order valence-electron chi connectivity index (χ3n) is 3.50. The number of rotatable bonds is 4. The van der Waals surface area contributed by atoms with Crippen molar-refractivity contribution in [2.45, 2.75) is 18.9 Å². The van der Waals surface area contributed by atoms with Crippen LogP contribution in [0.2, 0.25) is 0 Å². The van der Waals surface area contributed by atoms with Gasteiger partial charge >= 0.3 is 0 Å². The highest BCUT2D eigenvalue weighted by molar-refractivity contribution is 9.10. The van der Waals surface area contributed by atoms with Crippen molar-refractivity contribution in [1.82, 2.24) is 5.43 Å². The summed E-state index contributed by atoms with van der Waals surface area (Å²) in [4.78, 5) is 0. The number of benzene rings is 1. The van der Waals surface area contributed by atoms with Gasteiger partial charge in [0.25, 0.3) is 0 Å². The maximum Gasteiger partial charge on any atom is 0.150 e. The van der Waals surface area contributed by atoms with Crippen LogP contribution < -0.4 is 11.3 Å². The molecule has 2 unspecified atom stereocenters. The van der Waals surface area contributed by atoms with E-state index in [4.69, 9.17) is 5.84 Å². The third-order valence-corrected chi connectivity index (χ3v) is 6.07. The predicted octanol–water partition coefficient (Wildman–Crippen LogP) is 1.40. The maximum absolute atomic E-state index is 13.2. The van der Waals surface area contributed by atoms with E-state index in [9.17, 15) is 12.8 Å². The molecule has 19 heavy (non-hydrogen) atoms. The Kier molecular flexibility index (Phi) is 4.60. The summed E-state index contributed by atoms with van der Waals surface area (Å²) in [5, 5.41) is 0. The Labute approximate surface area is 120 Å². The fraction of sp³-hybridized carbons (Fsp3) is 0.500. The van der Waals surface area contributed by atoms with E-state index in [-0.39, 0.29) is 29.3 Å². The second-order valence-corrected chi connectivity index (χ2v) is 7.96. The van der Waals surface area contributed by atoms with Gasteiger partial charge in [0.15, 0.2) is 9.84 Å². The van der Waals surface area contributed by atoms with Gasteiger partial charge in [0.2, 0.25) is 0 Å². The summed E-state index contributed by atoms with van der Waals surface area (Å²) < 4.78 is 37.0. The lowest BCUT2D eigenvalue weighted by atomic mass is 9.93. The molecule has 0 bridgehead atoms. The molecule has 0 saturated carbocycles. The van der Waals surface area contributed by atoms with Crippen molar-refractivity contribution in [2.24, 2.45) is 11.8 Å². The van der Waals surface area contributed by atoms with E-state index in [1.807, 2.05) is 0 Å². The highest BCUT2D eigenvalue weighted by atomic mass is 79.9. The first-order chi connectivity index (χ1) is 8.91. The van der Waals surface area contributed by atoms with Crippen molar-refractivity contribution in [3.8, 4) is 0 Å². The lowest BCUT2D eigenvalue weighted by Gasteiger charge is -2.22. The molecular formula is C12H16BrFN2O2S. The van der Waals surface area contributed by atoms with E-state index in [0.29, 0.717) is 12.8 Å². The van der Waals surface area contributed by atoms with Crippen molar-refractivity contribution in [3.05, 3.63) is 34.1 Å². The van der Waals surface area contributed by atoms with Gasteiger partial charge in [0.05, 0.1) is 11.5 Å². The van der Waals surface area contributed by atoms with E-state index in [1.54, 1.807) is 6.07 Å². The number of hydrazine groups is 1. The molecular weight excluding hydrogens is 335 g/mol. The Morgan fingerprint density at radius 3 is 2.84 bits per heavy atom. The first-order valence-corrected chi connectivity index (χ1v) is 8.63. The Morgan fingerprint density at radius 1 is 1.53 bits per heavy atom. The quantitative estimate of drug-likeness (QED) is 0.635. The first kappa shape index (κ1) is 14.9. The zero-order valence-corrected chi connectivity index (χ0v) is 12.7. The smallest absolute Gasteiger partial charge is 0.150 e. The molecule has 1 aromatic rings. The van der Waals surface area contributed by atoms with Gasteiger partial charge in [-0.05, 0) is 42.5 Å². The maximum atomic E-state index is 13.2. The molecule has 0 radical (unpaired) electrons. The summed E-state index contributed by atoms with van der Waals surface area (Å²) in [6.07, 6.45) is 1.10. The number of hydrogen-bond donors (Lipinski definition) is 2. The summed E-state index contributed by atoms with van der Waals surface area (Å²) in [5.41, 5.74) is 3.45. The van der Waals surface area contributed by atoms with Crippen LogP contribution in [0.3, 0.4) is 0 Å². The van der Waals surface area contributed by atoms with Crippen LogP contribution in [-0.2, 0) is 16.3 Å². The average molecular weight is 351 g/mol. The van der Waals surface area contributed by atoms with Crippen LogP contribution >= 0.6 is 15.9 Å². The predicted molar refractivity (Wildman–Crippen MR) is 75.7 cm³/mol. The summed E-state index contributed by atoms with van der Waals surface area (Å²) in [6, 6.07) is 4.29. The van der Waals surface area contributed by atoms with Gasteiger partial charge in [-0.15, -0.1) is 0 Å². The molecule has 106 valence electrons. The first-order valence-electron chi connectivity index (χ1n) is 6.02. The number of sulfone groups is 1. The molecule has 2 rings (SSSR count). The average Bonchev–Trinajstić information content (AvgIpc) is 2.70. The Balaban J connectivity index is 2.13. The Morgan fingerprint density at radius 2 is 2.26 bits per heavy atom. The molecule has 1 aliphatic rings. The normalized spacial score (nSPS) is 23.4. The molecule has 4 nitrogen and oxygen atoms in total. The van der Waals surface area contributed by atoms with E-state index < -0.39 is 9.84 Å². The van der Waals surface area contributed by atoms with Crippen LogP contribution in [0.4, 0.5) is 4.39 Å². The topological polar surface area (TPSA) is 72.2 Å². The molecule has 1 fully saturated rings. The van der Waals surface area contributed by atoms with Gasteiger partial charge in [-0.25, -0.2) is 12.8 Å². The highest BCUT2D eigenvalue weighted by Crippen LogP contribution is 2.26. The number of hydrogen-bond acceptors (Lipinski definition) is 4. The summed E-state index contributed by atoms with van der Waals surface area (Å²) >= 11 is 3.37. The minimum atomic E-state index is -2.94. The number of nitrogens with two attached hydrogens (primary N) is 1. The minimum absolute atomic E-state index is 0.0230. The summed E-state index contributed by atoms with van der Waals surface area (Å²) in [6.45, 7) is 0. The van der Waals surface area contributed by atoms with Crippen LogP contribution in [0.5, 0.6) is 0 Å². The van der Waals surface area contributed by atoms with Gasteiger partial charge in [-0.3, -0.25) is 11.3 Å². The van der Waals surface area contributed by atoms with Crippen LogP contribution in [0.1, 0.15) is 12.0 Å². The molecule has 7 heteroatoms. The van der Waals surface area contributed by atoms with Crippen LogP contribution in [0.15, 0.2) is 22.7 Å². The zero-order chi connectivity index (χ0) is 14.0. The van der Waals surface area contributed by atoms with Crippen molar-refractivity contribution in [2.75, 3.05) is 11.5 Å². The van der Waals surface area contributed by atoms with E-state index in [0.717, 1.165) is 10.0 Å². The van der Waals surface area contributed by atoms with E-state index in [2.05, 4.69) is 21.4 Å². The molecule has 0 aromatic heterocycles. The standard InChI is InChI=1S/C12H16BrFN2O2S/c13-11-2-1-10(14)5-9(11)6-12(16-15)8-3-4-19(17,18)7-8/h1-2,5,8,12,16H,3-4,6-7,15H2. The van der Waals surface area contributed by atoms with Crippen LogP contribution in [0, 0.1) is 11.7 Å². The third kappa shape index (κ3) is 3.75. The minimum Gasteiger partial charge on any atom is -0.271 e. The summed E-state index contributed by atoms with van der Waals surface area (Å²) in [5.74, 6) is 5.54. The molecule has 0 spiro atoms. The van der Waals surface area contributed by atoms with Gasteiger partial charge < -0.3 is 0 Å². The summed E-state index contributed by atoms with van der Waals surface area (Å²) in [7, 11) is -2.94. The van der Waals surface area contributed by atoms with Crippen LogP contribution in [-0.4, -0.2) is 26.0 Å². The zero-order valence-electron chi connectivity index (χ0n) is 10.3.